The monoisotopic (exact) mass is 541 g/mol. The van der Waals surface area contributed by atoms with E-state index in [0.717, 1.165) is 50.1 Å². The van der Waals surface area contributed by atoms with Gasteiger partial charge in [0.1, 0.15) is 6.10 Å². The molecule has 2 aromatic rings. The molecule has 40 heavy (non-hydrogen) atoms. The Kier molecular flexibility index (Phi) is 6.10. The molecule has 212 valence electrons. The number of carbonyl (C=O) groups excluding carboxylic acids is 1. The number of aromatic hydroxyl groups is 1. The molecule has 6 heteroatoms. The number of carbonyl (C=O) groups is 1. The number of benzene rings is 2. The molecule has 6 nitrogen and oxygen atoms in total. The molecular formula is C34H43N3O3. The topological polar surface area (TPSA) is 56.2 Å². The second-order valence-electron chi connectivity index (χ2n) is 13.2. The van der Waals surface area contributed by atoms with Crippen molar-refractivity contribution in [2.24, 2.45) is 5.92 Å². The van der Waals surface area contributed by atoms with E-state index in [9.17, 15) is 9.90 Å². The van der Waals surface area contributed by atoms with E-state index in [4.69, 9.17) is 4.74 Å². The molecular weight excluding hydrogens is 498 g/mol. The van der Waals surface area contributed by atoms with Crippen LogP contribution in [-0.2, 0) is 23.1 Å². The summed E-state index contributed by atoms with van der Waals surface area (Å²) >= 11 is 0. The number of hydrogen-bond donors (Lipinski definition) is 1. The second-order valence-corrected chi connectivity index (χ2v) is 13.2. The molecule has 1 amide bonds. The standard InChI is InChI=1S/C34H43N3O3/c1-5-22-7-6-8-23(19-22)11-14-29(39)36(4)26-15-16-34(35(2)3)28-20-25-12-13-27(38)31-30(25)33(34,32(26)40-31)17-18-37(28)21-24-9-10-24/h6-8,11-14,19,24,26,28,32,38H,5,9-10,15-18,20-21H2,1-4H3/b14-11+/t26?,28-,32?,33+,34-/m1/s1. The van der Waals surface area contributed by atoms with Crippen molar-refractivity contribution in [3.63, 3.8) is 0 Å². The Hall–Kier alpha value is -2.83. The molecule has 0 aromatic heterocycles. The number of likely N-dealkylation sites (N-methyl/N-ethyl adjacent to an activating group) is 2. The second kappa shape index (κ2) is 9.35. The van der Waals surface area contributed by atoms with Crippen LogP contribution in [0.15, 0.2) is 42.5 Å². The number of phenolic OH excluding ortho intramolecular Hbond substituents is 1. The molecule has 5 aliphatic rings. The van der Waals surface area contributed by atoms with Crippen molar-refractivity contribution in [1.82, 2.24) is 14.7 Å². The molecule has 1 N–H and O–H groups in total. The van der Waals surface area contributed by atoms with Crippen LogP contribution >= 0.6 is 0 Å². The lowest BCUT2D eigenvalue weighted by Gasteiger charge is -2.69. The summed E-state index contributed by atoms with van der Waals surface area (Å²) in [7, 11) is 6.44. The van der Waals surface area contributed by atoms with Crippen molar-refractivity contribution < 1.29 is 14.6 Å². The fourth-order valence-corrected chi connectivity index (χ4v) is 9.14. The smallest absolute Gasteiger partial charge is 0.246 e. The van der Waals surface area contributed by atoms with Gasteiger partial charge in [-0.25, -0.2) is 0 Å². The van der Waals surface area contributed by atoms with Crippen LogP contribution in [0, 0.1) is 5.92 Å². The average Bonchev–Trinajstić information content (AvgIpc) is 3.71. The SMILES string of the molecule is CCc1cccc(/C=C/C(=O)N(C)C2CC[C@@]3(N(C)C)[C@H]4Cc5ccc(O)c6c5[C@@]3(CCN4CC3CC3)C2O6)c1. The minimum atomic E-state index is -0.264. The summed E-state index contributed by atoms with van der Waals surface area (Å²) in [6, 6.07) is 12.7. The van der Waals surface area contributed by atoms with Crippen LogP contribution in [0.3, 0.4) is 0 Å². The number of likely N-dealkylation sites (tertiary alicyclic amines) is 1. The molecule has 1 spiro atoms. The molecule has 2 aromatic carbocycles. The first-order valence-electron chi connectivity index (χ1n) is 15.3. The maximum Gasteiger partial charge on any atom is 0.246 e. The molecule has 3 aliphatic carbocycles. The third kappa shape index (κ3) is 3.58. The zero-order valence-electron chi connectivity index (χ0n) is 24.4. The Labute approximate surface area is 238 Å². The number of hydrogen-bond acceptors (Lipinski definition) is 5. The first kappa shape index (κ1) is 26.1. The molecule has 1 saturated heterocycles. The van der Waals surface area contributed by atoms with Gasteiger partial charge in [0.05, 0.1) is 11.5 Å². The first-order chi connectivity index (χ1) is 19.3. The predicted octanol–water partition coefficient (Wildman–Crippen LogP) is 4.63. The van der Waals surface area contributed by atoms with Gasteiger partial charge in [-0.3, -0.25) is 9.69 Å². The highest BCUT2D eigenvalue weighted by Crippen LogP contribution is 2.67. The van der Waals surface area contributed by atoms with Crippen molar-refractivity contribution >= 4 is 12.0 Å². The van der Waals surface area contributed by atoms with E-state index in [-0.39, 0.29) is 34.8 Å². The van der Waals surface area contributed by atoms with E-state index in [1.807, 2.05) is 30.2 Å². The summed E-state index contributed by atoms with van der Waals surface area (Å²) in [5, 5.41) is 11.1. The first-order valence-corrected chi connectivity index (χ1v) is 15.3. The molecule has 7 rings (SSSR count). The Balaban J connectivity index is 1.27. The number of amides is 1. The van der Waals surface area contributed by atoms with Gasteiger partial charge >= 0.3 is 0 Å². The van der Waals surface area contributed by atoms with Gasteiger partial charge in [-0.1, -0.05) is 37.3 Å². The van der Waals surface area contributed by atoms with E-state index in [1.54, 1.807) is 6.08 Å². The van der Waals surface area contributed by atoms with Crippen molar-refractivity contribution in [1.29, 1.82) is 0 Å². The van der Waals surface area contributed by atoms with Gasteiger partial charge in [-0.2, -0.15) is 0 Å². The van der Waals surface area contributed by atoms with Gasteiger partial charge < -0.3 is 19.6 Å². The summed E-state index contributed by atoms with van der Waals surface area (Å²) in [6.45, 7) is 4.38. The van der Waals surface area contributed by atoms with Crippen molar-refractivity contribution in [3.05, 3.63) is 64.7 Å². The summed E-state index contributed by atoms with van der Waals surface area (Å²) < 4.78 is 6.88. The summed E-state index contributed by atoms with van der Waals surface area (Å²) in [5.41, 5.74) is 4.50. The zero-order valence-corrected chi connectivity index (χ0v) is 24.4. The maximum absolute atomic E-state index is 13.6. The number of nitrogens with zero attached hydrogens (tertiary/aromatic N) is 3. The zero-order chi connectivity index (χ0) is 27.8. The highest BCUT2D eigenvalue weighted by Gasteiger charge is 2.74. The van der Waals surface area contributed by atoms with Crippen LogP contribution < -0.4 is 4.74 Å². The molecule has 2 unspecified atom stereocenters. The normalized spacial score (nSPS) is 32.3. The average molecular weight is 542 g/mol. The van der Waals surface area contributed by atoms with Crippen LogP contribution in [0.1, 0.15) is 61.3 Å². The molecule has 0 radical (unpaired) electrons. The quantitative estimate of drug-likeness (QED) is 0.518. The Morgan fingerprint density at radius 2 is 1.98 bits per heavy atom. The Morgan fingerprint density at radius 3 is 2.73 bits per heavy atom. The number of ether oxygens (including phenoxy) is 1. The van der Waals surface area contributed by atoms with E-state index in [1.165, 1.54) is 36.1 Å². The van der Waals surface area contributed by atoms with E-state index in [0.29, 0.717) is 11.8 Å². The molecule has 2 heterocycles. The predicted molar refractivity (Wildman–Crippen MR) is 158 cm³/mol. The van der Waals surface area contributed by atoms with Crippen LogP contribution in [0.2, 0.25) is 0 Å². The molecule has 2 saturated carbocycles. The van der Waals surface area contributed by atoms with Crippen LogP contribution in [0.4, 0.5) is 0 Å². The minimum Gasteiger partial charge on any atom is -0.504 e. The lowest BCUT2D eigenvalue weighted by Crippen LogP contribution is -2.82. The van der Waals surface area contributed by atoms with Crippen molar-refractivity contribution in [3.8, 4) is 11.5 Å². The van der Waals surface area contributed by atoms with Gasteiger partial charge in [0, 0.05) is 36.8 Å². The molecule has 3 fully saturated rings. The summed E-state index contributed by atoms with van der Waals surface area (Å²) in [5.74, 6) is 1.74. The lowest BCUT2D eigenvalue weighted by molar-refractivity contribution is -0.160. The number of aryl methyl sites for hydroxylation is 1. The van der Waals surface area contributed by atoms with Crippen LogP contribution in [0.25, 0.3) is 6.08 Å². The van der Waals surface area contributed by atoms with Crippen LogP contribution in [-0.4, -0.2) is 83.7 Å². The van der Waals surface area contributed by atoms with Gasteiger partial charge in [-0.15, -0.1) is 0 Å². The Bertz CT molecular complexity index is 1370. The summed E-state index contributed by atoms with van der Waals surface area (Å²) in [6.07, 6.45) is 11.0. The third-order valence-electron chi connectivity index (χ3n) is 11.2. The maximum atomic E-state index is 13.6. The van der Waals surface area contributed by atoms with E-state index < -0.39 is 0 Å². The van der Waals surface area contributed by atoms with Crippen molar-refractivity contribution in [2.45, 2.75) is 81.0 Å². The van der Waals surface area contributed by atoms with Crippen molar-refractivity contribution in [2.75, 3.05) is 34.2 Å². The van der Waals surface area contributed by atoms with Gasteiger partial charge in [0.25, 0.3) is 0 Å². The summed E-state index contributed by atoms with van der Waals surface area (Å²) in [4.78, 5) is 20.8. The lowest BCUT2D eigenvalue weighted by atomic mass is 9.46. The van der Waals surface area contributed by atoms with Gasteiger partial charge in [0.2, 0.25) is 5.91 Å². The third-order valence-corrected chi connectivity index (χ3v) is 11.2. The number of piperidine rings is 1. The van der Waals surface area contributed by atoms with Crippen LogP contribution in [0.5, 0.6) is 11.5 Å². The molecule has 2 bridgehead atoms. The fraction of sp³-hybridized carbons (Fsp3) is 0.559. The number of rotatable bonds is 7. The van der Waals surface area contributed by atoms with Gasteiger partial charge in [-0.05, 0) is 100 Å². The fourth-order valence-electron chi connectivity index (χ4n) is 9.14. The highest BCUT2D eigenvalue weighted by molar-refractivity contribution is 5.92. The Morgan fingerprint density at radius 1 is 1.15 bits per heavy atom. The molecule has 2 aliphatic heterocycles. The number of phenols is 1. The minimum absolute atomic E-state index is 0.00295. The molecule has 5 atom stereocenters. The largest absolute Gasteiger partial charge is 0.504 e. The van der Waals surface area contributed by atoms with Gasteiger partial charge in [0.15, 0.2) is 11.5 Å². The highest BCUT2D eigenvalue weighted by atomic mass is 16.5. The van der Waals surface area contributed by atoms with E-state index >= 15 is 0 Å². The van der Waals surface area contributed by atoms with E-state index in [2.05, 4.69) is 55.1 Å².